The quantitative estimate of drug-likeness (QED) is 0.648. The van der Waals surface area contributed by atoms with Gasteiger partial charge in [0.1, 0.15) is 0 Å². The predicted molar refractivity (Wildman–Crippen MR) is 102 cm³/mol. The number of fused-ring (bicyclic) bond motifs is 5. The molecule has 0 aliphatic heterocycles. The van der Waals surface area contributed by atoms with Gasteiger partial charge in [-0.05, 0) is 60.7 Å². The SMILES string of the molecule is CC.CC(C)C(C)(C(O)OC1CC2CC1C1CCCC21)C(C)(C)C. The fourth-order valence-corrected chi connectivity index (χ4v) is 5.99. The van der Waals surface area contributed by atoms with Gasteiger partial charge >= 0.3 is 0 Å². The van der Waals surface area contributed by atoms with Crippen molar-refractivity contribution in [3.05, 3.63) is 0 Å². The highest BCUT2D eigenvalue weighted by atomic mass is 16.6. The summed E-state index contributed by atoms with van der Waals surface area (Å²) in [6.07, 6.45) is 6.48. The van der Waals surface area contributed by atoms with Gasteiger partial charge in [0.05, 0.1) is 6.10 Å². The average molecular weight is 339 g/mol. The first-order valence-corrected chi connectivity index (χ1v) is 10.5. The number of hydrogen-bond donors (Lipinski definition) is 1. The summed E-state index contributed by atoms with van der Waals surface area (Å²) in [5, 5.41) is 11.0. The minimum atomic E-state index is -0.656. The second-order valence-electron chi connectivity index (χ2n) is 9.87. The molecular weight excluding hydrogens is 296 g/mol. The van der Waals surface area contributed by atoms with Gasteiger partial charge in [-0.25, -0.2) is 0 Å². The van der Waals surface area contributed by atoms with E-state index in [1.807, 2.05) is 13.8 Å². The molecule has 1 N–H and O–H groups in total. The topological polar surface area (TPSA) is 29.5 Å². The fraction of sp³-hybridized carbons (Fsp3) is 1.00. The van der Waals surface area contributed by atoms with Gasteiger partial charge in [0, 0.05) is 5.41 Å². The van der Waals surface area contributed by atoms with Crippen molar-refractivity contribution in [2.45, 2.75) is 99.9 Å². The van der Waals surface area contributed by atoms with Crippen molar-refractivity contribution in [1.82, 2.24) is 0 Å². The standard InChI is InChI=1S/C20H36O2.C2H6/c1-12(2)20(6,19(3,4)5)18(21)22-17-11-13-10-16(17)15-9-7-8-14(13)15;1-2/h12-18,21H,7-11H2,1-6H3;1-2H3. The van der Waals surface area contributed by atoms with E-state index in [9.17, 15) is 5.11 Å². The molecule has 0 heterocycles. The molecule has 3 aliphatic rings. The zero-order valence-electron chi connectivity index (χ0n) is 17.4. The van der Waals surface area contributed by atoms with Crippen molar-refractivity contribution in [3.8, 4) is 0 Å². The van der Waals surface area contributed by atoms with E-state index in [2.05, 4.69) is 41.5 Å². The molecule has 3 fully saturated rings. The van der Waals surface area contributed by atoms with Gasteiger partial charge in [-0.15, -0.1) is 0 Å². The lowest BCUT2D eigenvalue weighted by Crippen LogP contribution is -2.50. The van der Waals surface area contributed by atoms with Crippen molar-refractivity contribution >= 4 is 0 Å². The van der Waals surface area contributed by atoms with Gasteiger partial charge < -0.3 is 9.84 Å². The van der Waals surface area contributed by atoms with Gasteiger partial charge in [-0.3, -0.25) is 0 Å². The van der Waals surface area contributed by atoms with Gasteiger partial charge in [0.2, 0.25) is 0 Å². The van der Waals surface area contributed by atoms with E-state index in [1.54, 1.807) is 0 Å². The molecule has 7 atom stereocenters. The molecule has 2 heteroatoms. The van der Waals surface area contributed by atoms with Crippen LogP contribution >= 0.6 is 0 Å². The molecule has 0 amide bonds. The highest BCUT2D eigenvalue weighted by Gasteiger charge is 2.56. The Balaban J connectivity index is 0.00000100. The normalized spacial score (nSPS) is 38.5. The summed E-state index contributed by atoms with van der Waals surface area (Å²) in [4.78, 5) is 0. The van der Waals surface area contributed by atoms with Gasteiger partial charge in [0.15, 0.2) is 6.29 Å². The Bertz CT molecular complexity index is 411. The van der Waals surface area contributed by atoms with Gasteiger partial charge in [-0.2, -0.15) is 0 Å². The molecule has 0 aromatic heterocycles. The van der Waals surface area contributed by atoms with Crippen LogP contribution in [0.15, 0.2) is 0 Å². The van der Waals surface area contributed by atoms with Crippen molar-refractivity contribution in [2.24, 2.45) is 40.4 Å². The van der Waals surface area contributed by atoms with Crippen molar-refractivity contribution < 1.29 is 9.84 Å². The summed E-state index contributed by atoms with van der Waals surface area (Å²) in [5.41, 5.74) is -0.196. The summed E-state index contributed by atoms with van der Waals surface area (Å²) in [6, 6.07) is 0. The largest absolute Gasteiger partial charge is 0.367 e. The van der Waals surface area contributed by atoms with Crippen LogP contribution in [0.25, 0.3) is 0 Å². The molecule has 0 aromatic rings. The Kier molecular flexibility index (Phi) is 6.13. The molecule has 2 nitrogen and oxygen atoms in total. The van der Waals surface area contributed by atoms with Crippen LogP contribution in [0.2, 0.25) is 0 Å². The van der Waals surface area contributed by atoms with Crippen LogP contribution in [0.4, 0.5) is 0 Å². The molecule has 2 bridgehead atoms. The predicted octanol–water partition coefficient (Wildman–Crippen LogP) is 5.88. The van der Waals surface area contributed by atoms with E-state index in [0.717, 1.165) is 23.7 Å². The summed E-state index contributed by atoms with van der Waals surface area (Å²) in [5.74, 6) is 3.88. The Labute approximate surface area is 150 Å². The molecular formula is C22H42O2. The molecule has 24 heavy (non-hydrogen) atoms. The Morgan fingerprint density at radius 3 is 2.04 bits per heavy atom. The van der Waals surface area contributed by atoms with Crippen molar-refractivity contribution in [1.29, 1.82) is 0 Å². The lowest BCUT2D eigenvalue weighted by Gasteiger charge is -2.49. The van der Waals surface area contributed by atoms with E-state index in [0.29, 0.717) is 12.0 Å². The highest BCUT2D eigenvalue weighted by molar-refractivity contribution is 5.04. The van der Waals surface area contributed by atoms with E-state index >= 15 is 0 Å². The van der Waals surface area contributed by atoms with Gasteiger partial charge in [-0.1, -0.05) is 61.8 Å². The van der Waals surface area contributed by atoms with Crippen LogP contribution in [-0.4, -0.2) is 17.5 Å². The maximum Gasteiger partial charge on any atom is 0.161 e. The number of aliphatic hydroxyl groups is 1. The van der Waals surface area contributed by atoms with Crippen LogP contribution < -0.4 is 0 Å². The maximum atomic E-state index is 11.0. The number of aliphatic hydroxyl groups excluding tert-OH is 1. The van der Waals surface area contributed by atoms with E-state index in [1.165, 1.54) is 32.1 Å². The van der Waals surface area contributed by atoms with Crippen molar-refractivity contribution in [2.75, 3.05) is 0 Å². The summed E-state index contributed by atoms with van der Waals surface area (Å²) >= 11 is 0. The number of hydrogen-bond acceptors (Lipinski definition) is 2. The molecule has 3 rings (SSSR count). The third-order valence-electron chi connectivity index (χ3n) is 8.00. The second-order valence-corrected chi connectivity index (χ2v) is 9.87. The van der Waals surface area contributed by atoms with Crippen LogP contribution in [-0.2, 0) is 4.74 Å². The molecule has 0 saturated heterocycles. The van der Waals surface area contributed by atoms with Crippen LogP contribution in [0.3, 0.4) is 0 Å². The van der Waals surface area contributed by atoms with Crippen LogP contribution in [0.5, 0.6) is 0 Å². The minimum absolute atomic E-state index is 0.0219. The summed E-state index contributed by atoms with van der Waals surface area (Å²) in [6.45, 7) is 17.3. The first kappa shape index (κ1) is 20.2. The van der Waals surface area contributed by atoms with Crippen molar-refractivity contribution in [3.63, 3.8) is 0 Å². The van der Waals surface area contributed by atoms with E-state index < -0.39 is 6.29 Å². The zero-order chi connectivity index (χ0) is 18.3. The van der Waals surface area contributed by atoms with Crippen LogP contribution in [0, 0.1) is 40.4 Å². The number of ether oxygens (including phenoxy) is 1. The Morgan fingerprint density at radius 1 is 0.917 bits per heavy atom. The van der Waals surface area contributed by atoms with Gasteiger partial charge in [0.25, 0.3) is 0 Å². The Hall–Kier alpha value is -0.0800. The minimum Gasteiger partial charge on any atom is -0.367 e. The lowest BCUT2D eigenvalue weighted by molar-refractivity contribution is -0.248. The van der Waals surface area contributed by atoms with Crippen LogP contribution in [0.1, 0.15) is 87.5 Å². The first-order valence-electron chi connectivity index (χ1n) is 10.5. The average Bonchev–Trinajstić information content (AvgIpc) is 3.19. The smallest absolute Gasteiger partial charge is 0.161 e. The molecule has 3 aliphatic carbocycles. The third kappa shape index (κ3) is 3.18. The zero-order valence-corrected chi connectivity index (χ0v) is 17.4. The second kappa shape index (κ2) is 7.27. The first-order chi connectivity index (χ1) is 11.2. The summed E-state index contributed by atoms with van der Waals surface area (Å²) in [7, 11) is 0. The summed E-state index contributed by atoms with van der Waals surface area (Å²) < 4.78 is 6.36. The van der Waals surface area contributed by atoms with E-state index in [-0.39, 0.29) is 10.8 Å². The van der Waals surface area contributed by atoms with E-state index in [4.69, 9.17) is 4.74 Å². The lowest BCUT2D eigenvalue weighted by atomic mass is 9.61. The molecule has 3 saturated carbocycles. The third-order valence-corrected chi connectivity index (χ3v) is 8.00. The molecule has 0 spiro atoms. The molecule has 7 unspecified atom stereocenters. The molecule has 142 valence electrons. The monoisotopic (exact) mass is 338 g/mol. The Morgan fingerprint density at radius 2 is 1.50 bits per heavy atom. The number of rotatable bonds is 4. The molecule has 0 aromatic carbocycles. The maximum absolute atomic E-state index is 11.0. The highest BCUT2D eigenvalue weighted by Crippen LogP contribution is 2.60. The fourth-order valence-electron chi connectivity index (χ4n) is 5.99. The molecule has 0 radical (unpaired) electrons.